The maximum absolute atomic E-state index is 11.9. The lowest BCUT2D eigenvalue weighted by atomic mass is 10.1. The molecule has 5 heteroatoms. The lowest BCUT2D eigenvalue weighted by Crippen LogP contribution is -2.07. The molecule has 0 N–H and O–H groups in total. The van der Waals surface area contributed by atoms with Crippen LogP contribution in [0.25, 0.3) is 0 Å². The van der Waals surface area contributed by atoms with Gasteiger partial charge in [-0.25, -0.2) is 0 Å². The Balaban J connectivity index is 0.00000129. The summed E-state index contributed by atoms with van der Waals surface area (Å²) in [6, 6.07) is 6.76. The van der Waals surface area contributed by atoms with Crippen LogP contribution in [-0.2, 0) is 14.3 Å². The van der Waals surface area contributed by atoms with Gasteiger partial charge in [-0.3, -0.25) is 4.18 Å². The third-order valence-electron chi connectivity index (χ3n) is 3.55. The second-order valence-electron chi connectivity index (χ2n) is 6.91. The van der Waals surface area contributed by atoms with Crippen LogP contribution in [0.3, 0.4) is 0 Å². The maximum atomic E-state index is 11.9. The highest BCUT2D eigenvalue weighted by Gasteiger charge is 2.14. The van der Waals surface area contributed by atoms with Crippen molar-refractivity contribution in [2.24, 2.45) is 0 Å². The fraction of sp³-hybridized carbons (Fsp3) is 0.700. The Bertz CT molecular complexity index is 522. The van der Waals surface area contributed by atoms with Crippen LogP contribution in [0, 0.1) is 6.92 Å². The molecule has 0 fully saturated rings. The zero-order chi connectivity index (χ0) is 19.1. The number of nitrogens with zero attached hydrogens (tertiary/aromatic N) is 1. The first-order valence-corrected chi connectivity index (χ1v) is 10.8. The molecule has 0 aliphatic rings. The minimum Gasteiger partial charge on any atom is -0.312 e. The molecule has 0 radical (unpaired) electrons. The Morgan fingerprint density at radius 1 is 0.840 bits per heavy atom. The van der Waals surface area contributed by atoms with Crippen LogP contribution in [0.2, 0.25) is 0 Å². The predicted octanol–water partition coefficient (Wildman–Crippen LogP) is 5.02. The van der Waals surface area contributed by atoms with Gasteiger partial charge < -0.3 is 4.90 Å². The van der Waals surface area contributed by atoms with Crippen molar-refractivity contribution in [1.29, 1.82) is 0 Å². The standard InChI is InChI=1S/C17H28O3S.C3H9N/c1-3-4-5-6-7-8-9-10-15-20-21(18,19)17-13-11-16(2)12-14-17;1-4(2)3/h11-14H,3-10,15H2,1-2H3;1-3H3. The molecule has 0 spiro atoms. The SMILES string of the molecule is CCCCCCCCCCOS(=O)(=O)c1ccc(C)cc1.CN(C)C. The number of aryl methyl sites for hydroxylation is 1. The normalized spacial score (nSPS) is 11.3. The number of hydrogen-bond donors (Lipinski definition) is 0. The molecule has 0 atom stereocenters. The number of unbranched alkanes of at least 4 members (excludes halogenated alkanes) is 7. The smallest absolute Gasteiger partial charge is 0.296 e. The van der Waals surface area contributed by atoms with E-state index in [0.717, 1.165) is 24.8 Å². The van der Waals surface area contributed by atoms with Gasteiger partial charge in [0.25, 0.3) is 10.1 Å². The molecule has 0 unspecified atom stereocenters. The van der Waals surface area contributed by atoms with Crippen LogP contribution in [0.1, 0.15) is 63.9 Å². The summed E-state index contributed by atoms with van der Waals surface area (Å²) in [6.07, 6.45) is 9.44. The van der Waals surface area contributed by atoms with Crippen molar-refractivity contribution in [1.82, 2.24) is 4.90 Å². The first-order chi connectivity index (χ1) is 11.8. The Hall–Kier alpha value is -0.910. The maximum Gasteiger partial charge on any atom is 0.296 e. The molecule has 146 valence electrons. The summed E-state index contributed by atoms with van der Waals surface area (Å²) in [5.41, 5.74) is 1.04. The minimum atomic E-state index is -3.58. The lowest BCUT2D eigenvalue weighted by molar-refractivity contribution is 0.306. The van der Waals surface area contributed by atoms with Gasteiger partial charge in [0.15, 0.2) is 0 Å². The lowest BCUT2D eigenvalue weighted by Gasteiger charge is -2.06. The van der Waals surface area contributed by atoms with Crippen molar-refractivity contribution < 1.29 is 12.6 Å². The monoisotopic (exact) mass is 371 g/mol. The van der Waals surface area contributed by atoms with E-state index in [1.54, 1.807) is 24.3 Å². The molecular formula is C20H37NO3S. The van der Waals surface area contributed by atoms with Gasteiger partial charge in [0.1, 0.15) is 0 Å². The summed E-state index contributed by atoms with van der Waals surface area (Å²) in [6.45, 7) is 4.43. The van der Waals surface area contributed by atoms with E-state index in [0.29, 0.717) is 0 Å². The van der Waals surface area contributed by atoms with Crippen LogP contribution in [0.5, 0.6) is 0 Å². The van der Waals surface area contributed by atoms with Crippen molar-refractivity contribution in [2.45, 2.75) is 70.1 Å². The highest BCUT2D eigenvalue weighted by Crippen LogP contribution is 2.14. The molecule has 0 saturated carbocycles. The first kappa shape index (κ1) is 24.1. The number of benzene rings is 1. The van der Waals surface area contributed by atoms with E-state index in [2.05, 4.69) is 6.92 Å². The fourth-order valence-corrected chi connectivity index (χ4v) is 3.12. The van der Waals surface area contributed by atoms with Gasteiger partial charge in [-0.1, -0.05) is 69.6 Å². The van der Waals surface area contributed by atoms with Gasteiger partial charge in [-0.2, -0.15) is 8.42 Å². The van der Waals surface area contributed by atoms with Crippen LogP contribution in [0.4, 0.5) is 0 Å². The first-order valence-electron chi connectivity index (χ1n) is 9.36. The van der Waals surface area contributed by atoms with Crippen molar-refractivity contribution in [2.75, 3.05) is 27.7 Å². The van der Waals surface area contributed by atoms with Crippen molar-refractivity contribution in [3.63, 3.8) is 0 Å². The Kier molecular flexibility index (Phi) is 13.8. The molecule has 1 rings (SSSR count). The van der Waals surface area contributed by atoms with Gasteiger partial charge in [0.2, 0.25) is 0 Å². The molecule has 0 aliphatic heterocycles. The quantitative estimate of drug-likeness (QED) is 0.405. The van der Waals surface area contributed by atoms with Crippen LogP contribution in [-0.4, -0.2) is 41.1 Å². The molecule has 1 aromatic carbocycles. The topological polar surface area (TPSA) is 46.6 Å². The van der Waals surface area contributed by atoms with Crippen molar-refractivity contribution in [3.8, 4) is 0 Å². The van der Waals surface area contributed by atoms with E-state index in [-0.39, 0.29) is 11.5 Å². The largest absolute Gasteiger partial charge is 0.312 e. The highest BCUT2D eigenvalue weighted by molar-refractivity contribution is 7.86. The summed E-state index contributed by atoms with van der Waals surface area (Å²) in [5.74, 6) is 0. The molecule has 0 aromatic heterocycles. The average Bonchev–Trinajstić information content (AvgIpc) is 2.53. The highest BCUT2D eigenvalue weighted by atomic mass is 32.2. The zero-order valence-electron chi connectivity index (χ0n) is 16.8. The molecule has 0 heterocycles. The number of rotatable bonds is 11. The van der Waals surface area contributed by atoms with E-state index in [4.69, 9.17) is 4.18 Å². The van der Waals surface area contributed by atoms with Crippen LogP contribution in [0.15, 0.2) is 29.2 Å². The summed E-state index contributed by atoms with van der Waals surface area (Å²) >= 11 is 0. The van der Waals surface area contributed by atoms with Crippen molar-refractivity contribution in [3.05, 3.63) is 29.8 Å². The molecule has 0 amide bonds. The van der Waals surface area contributed by atoms with Gasteiger partial charge in [-0.05, 0) is 46.6 Å². The van der Waals surface area contributed by atoms with Gasteiger partial charge in [-0.15, -0.1) is 0 Å². The van der Waals surface area contributed by atoms with Gasteiger partial charge in [0, 0.05) is 0 Å². The molecule has 0 aliphatic carbocycles. The van der Waals surface area contributed by atoms with E-state index in [1.807, 2.05) is 33.0 Å². The summed E-state index contributed by atoms with van der Waals surface area (Å²) in [7, 11) is 2.42. The molecule has 4 nitrogen and oxygen atoms in total. The third kappa shape index (κ3) is 14.0. The van der Waals surface area contributed by atoms with Gasteiger partial charge >= 0.3 is 0 Å². The van der Waals surface area contributed by atoms with E-state index < -0.39 is 10.1 Å². The molecule has 0 saturated heterocycles. The summed E-state index contributed by atoms with van der Waals surface area (Å²) < 4.78 is 28.9. The molecule has 1 aromatic rings. The predicted molar refractivity (Wildman–Crippen MR) is 107 cm³/mol. The second-order valence-corrected chi connectivity index (χ2v) is 8.52. The van der Waals surface area contributed by atoms with Crippen molar-refractivity contribution >= 4 is 10.1 Å². The van der Waals surface area contributed by atoms with E-state index in [9.17, 15) is 8.42 Å². The fourth-order valence-electron chi connectivity index (χ4n) is 2.18. The molecule has 25 heavy (non-hydrogen) atoms. The minimum absolute atomic E-state index is 0.243. The van der Waals surface area contributed by atoms with Crippen LogP contribution < -0.4 is 0 Å². The Morgan fingerprint density at radius 3 is 1.76 bits per heavy atom. The zero-order valence-corrected chi connectivity index (χ0v) is 17.6. The molecular weight excluding hydrogens is 334 g/mol. The second kappa shape index (κ2) is 14.3. The van der Waals surface area contributed by atoms with Gasteiger partial charge in [0.05, 0.1) is 11.5 Å². The summed E-state index contributed by atoms with van der Waals surface area (Å²) in [5, 5.41) is 0. The van der Waals surface area contributed by atoms with E-state index >= 15 is 0 Å². The Morgan fingerprint density at radius 2 is 1.28 bits per heavy atom. The van der Waals surface area contributed by atoms with E-state index in [1.165, 1.54) is 32.1 Å². The Labute approximate surface area is 155 Å². The number of hydrogen-bond acceptors (Lipinski definition) is 4. The van der Waals surface area contributed by atoms with Crippen LogP contribution >= 0.6 is 0 Å². The third-order valence-corrected chi connectivity index (χ3v) is 4.87. The molecule has 0 bridgehead atoms. The summed E-state index contributed by atoms with van der Waals surface area (Å²) in [4.78, 5) is 2.24. The average molecular weight is 372 g/mol.